The summed E-state index contributed by atoms with van der Waals surface area (Å²) in [4.78, 5) is 17.8. The topological polar surface area (TPSA) is 67.7 Å². The molecule has 0 saturated carbocycles. The summed E-state index contributed by atoms with van der Waals surface area (Å²) in [6.07, 6.45) is 1.91. The molecular formula is C22H20N2O4. The van der Waals surface area contributed by atoms with Gasteiger partial charge in [0.15, 0.2) is 11.3 Å². The van der Waals surface area contributed by atoms with Gasteiger partial charge in [0.25, 0.3) is 0 Å². The Labute approximate surface area is 161 Å². The van der Waals surface area contributed by atoms with E-state index >= 15 is 0 Å². The van der Waals surface area contributed by atoms with Gasteiger partial charge in [0.05, 0.1) is 24.3 Å². The molecule has 3 heterocycles. The maximum absolute atomic E-state index is 12.5. The van der Waals surface area contributed by atoms with Gasteiger partial charge in [0.2, 0.25) is 0 Å². The number of nitrogens with one attached hydrogen (secondary N) is 1. The van der Waals surface area contributed by atoms with Gasteiger partial charge in [-0.15, -0.1) is 0 Å². The number of aromatic nitrogens is 1. The Hall–Kier alpha value is -3.25. The monoisotopic (exact) mass is 376 g/mol. The van der Waals surface area contributed by atoms with Gasteiger partial charge in [-0.1, -0.05) is 18.2 Å². The fourth-order valence-corrected chi connectivity index (χ4v) is 3.59. The van der Waals surface area contributed by atoms with Crippen LogP contribution in [0.25, 0.3) is 22.1 Å². The lowest BCUT2D eigenvalue weighted by molar-refractivity contribution is 0.121. The third-order valence-electron chi connectivity index (χ3n) is 5.09. The van der Waals surface area contributed by atoms with Crippen LogP contribution in [0.1, 0.15) is 5.69 Å². The van der Waals surface area contributed by atoms with Crippen molar-refractivity contribution in [1.82, 2.24) is 4.98 Å². The minimum Gasteiger partial charge on any atom is -0.487 e. The average molecular weight is 376 g/mol. The van der Waals surface area contributed by atoms with E-state index in [9.17, 15) is 4.79 Å². The fraction of sp³-hybridized carbons (Fsp3) is 0.227. The van der Waals surface area contributed by atoms with Gasteiger partial charge < -0.3 is 23.8 Å². The van der Waals surface area contributed by atoms with Crippen LogP contribution in [0.3, 0.4) is 0 Å². The number of hydrogen-bond donors (Lipinski definition) is 1. The number of pyridine rings is 1. The van der Waals surface area contributed by atoms with Crippen molar-refractivity contribution >= 4 is 16.9 Å². The van der Waals surface area contributed by atoms with Crippen molar-refractivity contribution < 1.29 is 13.9 Å². The second kappa shape index (κ2) is 7.05. The van der Waals surface area contributed by atoms with Gasteiger partial charge in [-0.05, 0) is 23.8 Å². The fourth-order valence-electron chi connectivity index (χ4n) is 3.59. The van der Waals surface area contributed by atoms with Crippen LogP contribution >= 0.6 is 0 Å². The normalized spacial score (nSPS) is 14.6. The van der Waals surface area contributed by atoms with E-state index < -0.39 is 0 Å². The van der Waals surface area contributed by atoms with Crippen LogP contribution < -0.4 is 15.1 Å². The number of anilines is 1. The minimum absolute atomic E-state index is 0.0517. The molecule has 0 radical (unpaired) electrons. The van der Waals surface area contributed by atoms with E-state index in [1.165, 1.54) is 5.56 Å². The molecule has 1 N–H and O–H groups in total. The van der Waals surface area contributed by atoms with Crippen LogP contribution in [0.2, 0.25) is 0 Å². The Bertz CT molecular complexity index is 1140. The van der Waals surface area contributed by atoms with Crippen molar-refractivity contribution in [3.63, 3.8) is 0 Å². The highest BCUT2D eigenvalue weighted by Gasteiger charge is 2.16. The van der Waals surface area contributed by atoms with Gasteiger partial charge in [-0.3, -0.25) is 4.79 Å². The molecule has 1 fully saturated rings. The van der Waals surface area contributed by atoms with Crippen LogP contribution in [-0.2, 0) is 11.3 Å². The standard InChI is InChI=1S/C22H20N2O4/c25-20-13-22(24-8-10-26-11-9-24)28-21-12-16(4-5-18(20)21)27-14-19-17-3-1-2-15(17)6-7-23-19/h1-7,12-13,23H,8-11,14H2. The molecule has 3 aliphatic rings. The smallest absolute Gasteiger partial charge is 0.200 e. The predicted molar refractivity (Wildman–Crippen MR) is 107 cm³/mol. The lowest BCUT2D eigenvalue weighted by atomic mass is 10.1. The Morgan fingerprint density at radius 2 is 1.96 bits per heavy atom. The van der Waals surface area contributed by atoms with Crippen LogP contribution in [0.15, 0.2) is 63.9 Å². The molecule has 2 aromatic rings. The molecule has 142 valence electrons. The number of morpholine rings is 1. The number of nitrogens with zero attached hydrogens (tertiary/aromatic N) is 1. The van der Waals surface area contributed by atoms with Crippen molar-refractivity contribution in [1.29, 1.82) is 0 Å². The lowest BCUT2D eigenvalue weighted by Gasteiger charge is -2.27. The number of fused-ring (bicyclic) bond motifs is 2. The zero-order valence-corrected chi connectivity index (χ0v) is 15.3. The Balaban J connectivity index is 1.42. The third-order valence-corrected chi connectivity index (χ3v) is 5.09. The second-order valence-corrected chi connectivity index (χ2v) is 6.85. The van der Waals surface area contributed by atoms with Crippen molar-refractivity contribution in [2.24, 2.45) is 0 Å². The number of benzene rings is 1. The first kappa shape index (κ1) is 16.9. The van der Waals surface area contributed by atoms with Crippen molar-refractivity contribution in [3.8, 4) is 16.9 Å². The molecule has 0 unspecified atom stereocenters. The van der Waals surface area contributed by atoms with Gasteiger partial charge in [0, 0.05) is 37.0 Å². The average Bonchev–Trinajstić information content (AvgIpc) is 3.22. The summed E-state index contributed by atoms with van der Waals surface area (Å²) in [5.41, 5.74) is 3.80. The highest BCUT2D eigenvalue weighted by molar-refractivity contribution is 5.79. The molecular weight excluding hydrogens is 356 g/mol. The number of ether oxygens (including phenoxy) is 2. The molecule has 0 bridgehead atoms. The maximum Gasteiger partial charge on any atom is 0.200 e. The highest BCUT2D eigenvalue weighted by atomic mass is 16.5. The molecule has 1 aromatic heterocycles. The van der Waals surface area contributed by atoms with Crippen molar-refractivity contribution in [2.45, 2.75) is 6.61 Å². The van der Waals surface area contributed by atoms with Gasteiger partial charge in [0.1, 0.15) is 17.9 Å². The van der Waals surface area contributed by atoms with Gasteiger partial charge in [-0.2, -0.15) is 0 Å². The lowest BCUT2D eigenvalue weighted by Crippen LogP contribution is -2.36. The predicted octanol–water partition coefficient (Wildman–Crippen LogP) is 3.64. The number of hydrogen-bond acceptors (Lipinski definition) is 5. The number of H-pyrrole nitrogens is 1. The first-order valence-electron chi connectivity index (χ1n) is 9.36. The Morgan fingerprint density at radius 3 is 2.86 bits per heavy atom. The first-order chi connectivity index (χ1) is 13.8. The van der Waals surface area contributed by atoms with E-state index in [-0.39, 0.29) is 5.43 Å². The summed E-state index contributed by atoms with van der Waals surface area (Å²) in [5.74, 6) is 1.24. The molecule has 0 atom stereocenters. The molecule has 6 heteroatoms. The SMILES string of the molecule is O=c1cc(N2CCOCC2)oc2cc(OCc3[nH]ccc4cccc3-4)ccc12. The molecule has 6 nitrogen and oxygen atoms in total. The summed E-state index contributed by atoms with van der Waals surface area (Å²) in [6.45, 7) is 3.10. The largest absolute Gasteiger partial charge is 0.487 e. The first-order valence-corrected chi connectivity index (χ1v) is 9.36. The zero-order valence-electron chi connectivity index (χ0n) is 15.3. The summed E-state index contributed by atoms with van der Waals surface area (Å²) in [6, 6.07) is 15.1. The summed E-state index contributed by atoms with van der Waals surface area (Å²) >= 11 is 0. The van der Waals surface area contributed by atoms with E-state index in [1.807, 2.05) is 23.2 Å². The quantitative estimate of drug-likeness (QED) is 0.589. The van der Waals surface area contributed by atoms with Crippen molar-refractivity contribution in [2.75, 3.05) is 31.2 Å². The third kappa shape index (κ3) is 3.12. The molecule has 1 aliphatic carbocycles. The van der Waals surface area contributed by atoms with E-state index in [2.05, 4.69) is 17.1 Å². The number of aromatic amines is 1. The van der Waals surface area contributed by atoms with E-state index in [0.29, 0.717) is 55.5 Å². The van der Waals surface area contributed by atoms with Crippen molar-refractivity contribution in [3.05, 3.63) is 70.6 Å². The molecule has 28 heavy (non-hydrogen) atoms. The number of rotatable bonds is 4. The molecule has 0 spiro atoms. The minimum atomic E-state index is -0.0517. The van der Waals surface area contributed by atoms with E-state index in [1.54, 1.807) is 24.3 Å². The van der Waals surface area contributed by atoms with Gasteiger partial charge >= 0.3 is 0 Å². The molecule has 1 saturated heterocycles. The summed E-state index contributed by atoms with van der Waals surface area (Å²) in [5, 5.41) is 0.550. The second-order valence-electron chi connectivity index (χ2n) is 6.85. The molecule has 5 rings (SSSR count). The summed E-state index contributed by atoms with van der Waals surface area (Å²) in [7, 11) is 0. The van der Waals surface area contributed by atoms with Crippen LogP contribution in [0, 0.1) is 0 Å². The van der Waals surface area contributed by atoms with Crippen LogP contribution in [-0.4, -0.2) is 31.3 Å². The molecule has 1 aromatic carbocycles. The van der Waals surface area contributed by atoms with Gasteiger partial charge in [-0.25, -0.2) is 0 Å². The van der Waals surface area contributed by atoms with E-state index in [4.69, 9.17) is 13.9 Å². The molecule has 2 aliphatic heterocycles. The summed E-state index contributed by atoms with van der Waals surface area (Å²) < 4.78 is 17.4. The van der Waals surface area contributed by atoms with Crippen LogP contribution in [0.4, 0.5) is 5.88 Å². The van der Waals surface area contributed by atoms with E-state index in [0.717, 1.165) is 11.3 Å². The molecule has 0 amide bonds. The Morgan fingerprint density at radius 1 is 1.07 bits per heavy atom. The Kier molecular flexibility index (Phi) is 4.25. The van der Waals surface area contributed by atoms with Crippen LogP contribution in [0.5, 0.6) is 5.75 Å². The maximum atomic E-state index is 12.5. The highest BCUT2D eigenvalue weighted by Crippen LogP contribution is 2.27. The zero-order chi connectivity index (χ0) is 18.9.